The maximum atomic E-state index is 12.2. The van der Waals surface area contributed by atoms with E-state index in [-0.39, 0.29) is 17.0 Å². The van der Waals surface area contributed by atoms with Gasteiger partial charge in [0.05, 0.1) is 10.7 Å². The van der Waals surface area contributed by atoms with Crippen LogP contribution < -0.4 is 5.32 Å². The molecule has 0 saturated heterocycles. The molecule has 0 unspecified atom stereocenters. The molecule has 1 aromatic heterocycles. The third kappa shape index (κ3) is 3.75. The molecule has 5 nitrogen and oxygen atoms in total. The number of nitrogens with one attached hydrogen (secondary N) is 1. The van der Waals surface area contributed by atoms with E-state index in [0.29, 0.717) is 21.8 Å². The molecule has 2 amide bonds. The van der Waals surface area contributed by atoms with Gasteiger partial charge in [0.2, 0.25) is 0 Å². The number of carbonyl (C=O) groups is 2. The van der Waals surface area contributed by atoms with Crippen molar-refractivity contribution in [1.82, 2.24) is 9.88 Å². The second kappa shape index (κ2) is 6.77. The Morgan fingerprint density at radius 2 is 1.82 bits per heavy atom. The van der Waals surface area contributed by atoms with E-state index >= 15 is 0 Å². The molecule has 1 heterocycles. The SMILES string of the molecule is CN(C)C(=O)c1ccc(Cl)c(NC(=O)c2ccnc(Cl)c2)c1. The molecular formula is C15H13Cl2N3O2. The number of carbonyl (C=O) groups excluding carboxylic acids is 2. The summed E-state index contributed by atoms with van der Waals surface area (Å²) >= 11 is 11.8. The zero-order chi connectivity index (χ0) is 16.3. The summed E-state index contributed by atoms with van der Waals surface area (Å²) in [5.41, 5.74) is 1.13. The Morgan fingerprint density at radius 3 is 2.45 bits per heavy atom. The number of aromatic nitrogens is 1. The van der Waals surface area contributed by atoms with Crippen LogP contribution in [0.5, 0.6) is 0 Å². The molecule has 0 aliphatic carbocycles. The van der Waals surface area contributed by atoms with Crippen molar-refractivity contribution in [3.8, 4) is 0 Å². The van der Waals surface area contributed by atoms with E-state index in [0.717, 1.165) is 0 Å². The number of halogens is 2. The Morgan fingerprint density at radius 1 is 1.09 bits per heavy atom. The fraction of sp³-hybridized carbons (Fsp3) is 0.133. The molecule has 2 rings (SSSR count). The largest absolute Gasteiger partial charge is 0.345 e. The summed E-state index contributed by atoms with van der Waals surface area (Å²) in [7, 11) is 3.29. The summed E-state index contributed by atoms with van der Waals surface area (Å²) in [4.78, 5) is 29.4. The van der Waals surface area contributed by atoms with Crippen LogP contribution in [-0.4, -0.2) is 35.8 Å². The average Bonchev–Trinajstić information content (AvgIpc) is 2.48. The summed E-state index contributed by atoms with van der Waals surface area (Å²) in [5.74, 6) is -0.570. The Bertz CT molecular complexity index is 732. The van der Waals surface area contributed by atoms with Crippen LogP contribution in [0.1, 0.15) is 20.7 Å². The number of pyridine rings is 1. The monoisotopic (exact) mass is 337 g/mol. The standard InChI is InChI=1S/C15H13Cl2N3O2/c1-20(2)15(22)10-3-4-11(16)12(7-10)19-14(21)9-5-6-18-13(17)8-9/h3-8H,1-2H3,(H,19,21). The number of hydrogen-bond acceptors (Lipinski definition) is 3. The van der Waals surface area contributed by atoms with Gasteiger partial charge in [-0.3, -0.25) is 9.59 Å². The van der Waals surface area contributed by atoms with Gasteiger partial charge in [0, 0.05) is 31.4 Å². The van der Waals surface area contributed by atoms with Crippen LogP contribution >= 0.6 is 23.2 Å². The maximum absolute atomic E-state index is 12.2. The lowest BCUT2D eigenvalue weighted by molar-refractivity contribution is 0.0827. The van der Waals surface area contributed by atoms with E-state index in [1.165, 1.54) is 29.3 Å². The predicted molar refractivity (Wildman–Crippen MR) is 86.7 cm³/mol. The lowest BCUT2D eigenvalue weighted by atomic mass is 10.1. The van der Waals surface area contributed by atoms with E-state index in [1.54, 1.807) is 26.2 Å². The van der Waals surface area contributed by atoms with Crippen molar-refractivity contribution in [3.05, 3.63) is 57.8 Å². The molecule has 0 radical (unpaired) electrons. The highest BCUT2D eigenvalue weighted by molar-refractivity contribution is 6.34. The van der Waals surface area contributed by atoms with Gasteiger partial charge in [-0.1, -0.05) is 23.2 Å². The van der Waals surface area contributed by atoms with Crippen LogP contribution in [0.2, 0.25) is 10.2 Å². The van der Waals surface area contributed by atoms with E-state index < -0.39 is 0 Å². The first-order valence-electron chi connectivity index (χ1n) is 6.32. The van der Waals surface area contributed by atoms with Crippen LogP contribution in [0.25, 0.3) is 0 Å². The lowest BCUT2D eigenvalue weighted by Crippen LogP contribution is -2.22. The summed E-state index contributed by atoms with van der Waals surface area (Å²) in [6.45, 7) is 0. The van der Waals surface area contributed by atoms with Gasteiger partial charge in [0.1, 0.15) is 5.15 Å². The molecule has 1 aromatic carbocycles. The minimum absolute atomic E-state index is 0.181. The Hall–Kier alpha value is -2.11. The van der Waals surface area contributed by atoms with Crippen LogP contribution in [-0.2, 0) is 0 Å². The molecule has 1 N–H and O–H groups in total. The summed E-state index contributed by atoms with van der Waals surface area (Å²) < 4.78 is 0. The predicted octanol–water partition coefficient (Wildman–Crippen LogP) is 3.34. The lowest BCUT2D eigenvalue weighted by Gasteiger charge is -2.13. The number of rotatable bonds is 3. The highest BCUT2D eigenvalue weighted by Crippen LogP contribution is 2.24. The summed E-state index contributed by atoms with van der Waals surface area (Å²) in [5, 5.41) is 3.21. The minimum atomic E-state index is -0.388. The highest BCUT2D eigenvalue weighted by Gasteiger charge is 2.13. The van der Waals surface area contributed by atoms with Crippen molar-refractivity contribution in [1.29, 1.82) is 0 Å². The third-order valence-electron chi connectivity index (χ3n) is 2.86. The Balaban J connectivity index is 2.27. The fourth-order valence-electron chi connectivity index (χ4n) is 1.75. The van der Waals surface area contributed by atoms with E-state index in [9.17, 15) is 9.59 Å². The molecule has 114 valence electrons. The van der Waals surface area contributed by atoms with Gasteiger partial charge >= 0.3 is 0 Å². The van der Waals surface area contributed by atoms with Crippen molar-refractivity contribution in [2.24, 2.45) is 0 Å². The second-order valence-corrected chi connectivity index (χ2v) is 5.51. The number of hydrogen-bond donors (Lipinski definition) is 1. The fourth-order valence-corrected chi connectivity index (χ4v) is 2.09. The number of anilines is 1. The molecule has 2 aromatic rings. The van der Waals surface area contributed by atoms with Crippen LogP contribution in [0.4, 0.5) is 5.69 Å². The zero-order valence-electron chi connectivity index (χ0n) is 11.9. The van der Waals surface area contributed by atoms with Crippen LogP contribution in [0.15, 0.2) is 36.5 Å². The van der Waals surface area contributed by atoms with Crippen LogP contribution in [0, 0.1) is 0 Å². The van der Waals surface area contributed by atoms with E-state index in [2.05, 4.69) is 10.3 Å². The topological polar surface area (TPSA) is 62.3 Å². The second-order valence-electron chi connectivity index (χ2n) is 4.72. The number of nitrogens with zero attached hydrogens (tertiary/aromatic N) is 2. The van der Waals surface area contributed by atoms with Crippen molar-refractivity contribution in [2.75, 3.05) is 19.4 Å². The average molecular weight is 338 g/mol. The van der Waals surface area contributed by atoms with Crippen molar-refractivity contribution in [2.45, 2.75) is 0 Å². The summed E-state index contributed by atoms with van der Waals surface area (Å²) in [6, 6.07) is 7.67. The highest BCUT2D eigenvalue weighted by atomic mass is 35.5. The molecule has 0 bridgehead atoms. The van der Waals surface area contributed by atoms with Gasteiger partial charge in [0.25, 0.3) is 11.8 Å². The van der Waals surface area contributed by atoms with E-state index in [1.807, 2.05) is 0 Å². The third-order valence-corrected chi connectivity index (χ3v) is 3.39. The van der Waals surface area contributed by atoms with Crippen LogP contribution in [0.3, 0.4) is 0 Å². The van der Waals surface area contributed by atoms with Gasteiger partial charge in [0.15, 0.2) is 0 Å². The molecule has 0 fully saturated rings. The molecule has 22 heavy (non-hydrogen) atoms. The molecular weight excluding hydrogens is 325 g/mol. The Labute approximate surface area is 137 Å². The summed E-state index contributed by atoms with van der Waals surface area (Å²) in [6.07, 6.45) is 1.44. The van der Waals surface area contributed by atoms with Crippen molar-refractivity contribution < 1.29 is 9.59 Å². The maximum Gasteiger partial charge on any atom is 0.255 e. The van der Waals surface area contributed by atoms with Gasteiger partial charge in [-0.2, -0.15) is 0 Å². The van der Waals surface area contributed by atoms with Crippen molar-refractivity contribution in [3.63, 3.8) is 0 Å². The molecule has 0 spiro atoms. The van der Waals surface area contributed by atoms with Gasteiger partial charge in [-0.25, -0.2) is 4.98 Å². The van der Waals surface area contributed by atoms with Gasteiger partial charge in [-0.15, -0.1) is 0 Å². The molecule has 0 aliphatic heterocycles. The first-order valence-corrected chi connectivity index (χ1v) is 7.08. The van der Waals surface area contributed by atoms with E-state index in [4.69, 9.17) is 23.2 Å². The molecule has 0 saturated carbocycles. The first kappa shape index (κ1) is 16.3. The smallest absolute Gasteiger partial charge is 0.255 e. The number of benzene rings is 1. The molecule has 0 aliphatic rings. The first-order chi connectivity index (χ1) is 10.4. The normalized spacial score (nSPS) is 10.2. The van der Waals surface area contributed by atoms with Crippen molar-refractivity contribution >= 4 is 40.7 Å². The molecule has 7 heteroatoms. The minimum Gasteiger partial charge on any atom is -0.345 e. The quantitative estimate of drug-likeness (QED) is 0.873. The molecule has 0 atom stereocenters. The zero-order valence-corrected chi connectivity index (χ0v) is 13.4. The van der Waals surface area contributed by atoms with Gasteiger partial charge in [-0.05, 0) is 30.3 Å². The number of amides is 2. The Kier molecular flexibility index (Phi) is 5.00. The van der Waals surface area contributed by atoms with Gasteiger partial charge < -0.3 is 10.2 Å².